The molecule has 0 unspecified atom stereocenters. The molecule has 0 saturated carbocycles. The third-order valence-electron chi connectivity index (χ3n) is 13.6. The van der Waals surface area contributed by atoms with E-state index in [0.717, 1.165) is 66.5 Å². The summed E-state index contributed by atoms with van der Waals surface area (Å²) in [6.07, 6.45) is 9.48. The maximum atomic E-state index is 14.9. The van der Waals surface area contributed by atoms with Crippen LogP contribution in [0.5, 0.6) is 0 Å². The number of fused-ring (bicyclic) bond motifs is 8. The Morgan fingerprint density at radius 2 is 1.04 bits per heavy atom. The van der Waals surface area contributed by atoms with E-state index in [-0.39, 0.29) is 22.9 Å². The van der Waals surface area contributed by atoms with E-state index in [2.05, 4.69) is 39.4 Å². The van der Waals surface area contributed by atoms with Crippen LogP contribution in [0.25, 0.3) is 87.9 Å². The van der Waals surface area contributed by atoms with Crippen molar-refractivity contribution in [1.82, 2.24) is 29.1 Å². The number of amides is 2. The zero-order chi connectivity index (χ0) is 52.2. The Bertz CT molecular complexity index is 4600. The molecule has 6 heterocycles. The molecule has 14 nitrogen and oxygen atoms in total. The van der Waals surface area contributed by atoms with Crippen LogP contribution in [0, 0.1) is 13.8 Å². The number of rotatable bonds is 11. The maximum Gasteiger partial charge on any atom is 0.256 e. The number of anilines is 6. The van der Waals surface area contributed by atoms with Gasteiger partial charge in [0.25, 0.3) is 11.1 Å². The molecule has 4 N–H and O–H groups in total. The Morgan fingerprint density at radius 3 is 1.71 bits per heavy atom. The minimum absolute atomic E-state index is 0.245. The second kappa shape index (κ2) is 18.8. The maximum absolute atomic E-state index is 14.9. The van der Waals surface area contributed by atoms with Crippen LogP contribution < -0.4 is 32.4 Å². The molecule has 76 heavy (non-hydrogen) atoms. The second-order valence-corrected chi connectivity index (χ2v) is 18.5. The fraction of sp³-hybridized carbons (Fsp3) is 0.0323. The molecule has 0 saturated heterocycles. The Kier molecular flexibility index (Phi) is 11.5. The number of carbonyl (C=O) groups is 2. The summed E-state index contributed by atoms with van der Waals surface area (Å²) < 4.78 is 3.30. The van der Waals surface area contributed by atoms with Gasteiger partial charge in [-0.2, -0.15) is 0 Å². The molecule has 2 amide bonds. The molecule has 0 aliphatic rings. The molecule has 366 valence electrons. The van der Waals surface area contributed by atoms with Crippen LogP contribution in [0.1, 0.15) is 11.1 Å². The highest BCUT2D eigenvalue weighted by Gasteiger charge is 2.19. The van der Waals surface area contributed by atoms with Gasteiger partial charge in [-0.25, -0.2) is 0 Å². The molecule has 12 rings (SSSR count). The van der Waals surface area contributed by atoms with E-state index in [1.807, 2.05) is 129 Å². The molecular formula is C62H44N10O4. The van der Waals surface area contributed by atoms with Gasteiger partial charge in [0.2, 0.25) is 11.8 Å². The smallest absolute Gasteiger partial charge is 0.256 e. The average Bonchev–Trinajstić information content (AvgIpc) is 3.44. The van der Waals surface area contributed by atoms with Gasteiger partial charge in [-0.1, -0.05) is 37.4 Å². The van der Waals surface area contributed by atoms with Gasteiger partial charge in [0, 0.05) is 109 Å². The van der Waals surface area contributed by atoms with E-state index >= 15 is 0 Å². The fourth-order valence-corrected chi connectivity index (χ4v) is 9.78. The molecule has 6 aromatic carbocycles. The van der Waals surface area contributed by atoms with Gasteiger partial charge in [0.1, 0.15) is 0 Å². The van der Waals surface area contributed by atoms with Crippen molar-refractivity contribution in [3.05, 3.63) is 228 Å². The van der Waals surface area contributed by atoms with Crippen LogP contribution in [0.3, 0.4) is 0 Å². The SMILES string of the molecule is C=CC(=O)Nc1cc(-n2c(=O)ccc3cnc4ccc(Nc5ccc6ncc(-c7cc(=O)n(-c8ccc(C)c(NC(=O)C=C)c8)c8c7cnc7ccc(Nc9ccc%10cccnc%10c9)cc78)cc6c5)cc4c32)ccc1C. The molecule has 0 aliphatic heterocycles. The number of benzene rings is 6. The zero-order valence-corrected chi connectivity index (χ0v) is 41.1. The van der Waals surface area contributed by atoms with Gasteiger partial charge in [0.05, 0.1) is 44.5 Å². The standard InChI is InChI=1S/C62H44N10O4/c1-5-57(73)69-54-29-45(17-9-35(54)3)71-59(75)22-12-38-32-65-52-20-15-42(26-48(52)61(38)71)67-41-14-19-51-39(25-41)24-40(33-64-51)47-31-60(76)72(46-18-10-36(4)55(30-46)70-58(74)6-2)62-49-27-43(16-21-53(49)66-34-50(47)62)68-44-13-11-37-8-7-23-63-56(37)28-44/h5-34,67-68H,1-2H2,3-4H3,(H,69,73)(H,70,74). The first-order valence-electron chi connectivity index (χ1n) is 24.3. The highest BCUT2D eigenvalue weighted by molar-refractivity contribution is 6.11. The van der Waals surface area contributed by atoms with E-state index in [0.29, 0.717) is 66.7 Å². The largest absolute Gasteiger partial charge is 0.355 e. The van der Waals surface area contributed by atoms with Gasteiger partial charge in [-0.15, -0.1) is 0 Å². The predicted molar refractivity (Wildman–Crippen MR) is 306 cm³/mol. The van der Waals surface area contributed by atoms with E-state index in [1.165, 1.54) is 18.2 Å². The zero-order valence-electron chi connectivity index (χ0n) is 41.1. The van der Waals surface area contributed by atoms with Crippen LogP contribution in [-0.2, 0) is 9.59 Å². The lowest BCUT2D eigenvalue weighted by Gasteiger charge is -2.18. The van der Waals surface area contributed by atoms with Crippen LogP contribution in [0.4, 0.5) is 34.1 Å². The summed E-state index contributed by atoms with van der Waals surface area (Å²) in [4.78, 5) is 72.6. The fourth-order valence-electron chi connectivity index (χ4n) is 9.78. The minimum atomic E-state index is -0.369. The molecule has 6 aromatic heterocycles. The normalized spacial score (nSPS) is 11.3. The van der Waals surface area contributed by atoms with Gasteiger partial charge >= 0.3 is 0 Å². The van der Waals surface area contributed by atoms with Crippen molar-refractivity contribution in [3.8, 4) is 22.5 Å². The number of aromatic nitrogens is 6. The van der Waals surface area contributed by atoms with Gasteiger partial charge in [-0.05, 0) is 152 Å². The van der Waals surface area contributed by atoms with Crippen LogP contribution in [0.2, 0.25) is 0 Å². The van der Waals surface area contributed by atoms with E-state index in [1.54, 1.807) is 58.2 Å². The second-order valence-electron chi connectivity index (χ2n) is 18.5. The first-order valence-corrected chi connectivity index (χ1v) is 24.3. The number of carbonyl (C=O) groups excluding carboxylic acids is 2. The average molecular weight is 993 g/mol. The summed E-state index contributed by atoms with van der Waals surface area (Å²) in [5, 5.41) is 17.6. The Balaban J connectivity index is 0.963. The third-order valence-corrected chi connectivity index (χ3v) is 13.6. The third kappa shape index (κ3) is 8.50. The van der Waals surface area contributed by atoms with Crippen molar-refractivity contribution in [2.75, 3.05) is 21.3 Å². The molecule has 0 spiro atoms. The Morgan fingerprint density at radius 1 is 0.474 bits per heavy atom. The minimum Gasteiger partial charge on any atom is -0.355 e. The highest BCUT2D eigenvalue weighted by Crippen LogP contribution is 2.37. The van der Waals surface area contributed by atoms with E-state index < -0.39 is 0 Å². The molecular weight excluding hydrogens is 949 g/mol. The number of hydrogen-bond acceptors (Lipinski definition) is 10. The van der Waals surface area contributed by atoms with Crippen molar-refractivity contribution in [2.24, 2.45) is 0 Å². The predicted octanol–water partition coefficient (Wildman–Crippen LogP) is 12.5. The van der Waals surface area contributed by atoms with Crippen LogP contribution in [0.15, 0.2) is 205 Å². The van der Waals surface area contributed by atoms with Crippen molar-refractivity contribution in [2.45, 2.75) is 13.8 Å². The summed E-state index contributed by atoms with van der Waals surface area (Å²) >= 11 is 0. The summed E-state index contributed by atoms with van der Waals surface area (Å²) in [6, 6.07) is 45.4. The van der Waals surface area contributed by atoms with Crippen molar-refractivity contribution < 1.29 is 9.59 Å². The van der Waals surface area contributed by atoms with Crippen molar-refractivity contribution in [3.63, 3.8) is 0 Å². The molecule has 0 radical (unpaired) electrons. The molecule has 0 bridgehead atoms. The highest BCUT2D eigenvalue weighted by atomic mass is 16.2. The van der Waals surface area contributed by atoms with Gasteiger partial charge in [0.15, 0.2) is 0 Å². The van der Waals surface area contributed by atoms with E-state index in [4.69, 9.17) is 15.0 Å². The number of hydrogen-bond donors (Lipinski definition) is 4. The summed E-state index contributed by atoms with van der Waals surface area (Å²) in [5.41, 5.74) is 12.0. The van der Waals surface area contributed by atoms with Gasteiger partial charge in [-0.3, -0.25) is 48.2 Å². The summed E-state index contributed by atoms with van der Waals surface area (Å²) in [7, 11) is 0. The molecule has 0 fully saturated rings. The lowest BCUT2D eigenvalue weighted by atomic mass is 9.99. The number of nitrogens with one attached hydrogen (secondary N) is 4. The number of pyridine rings is 6. The van der Waals surface area contributed by atoms with Gasteiger partial charge < -0.3 is 21.3 Å². The first kappa shape index (κ1) is 46.5. The Hall–Kier alpha value is -10.6. The number of nitrogens with zero attached hydrogens (tertiary/aromatic N) is 6. The molecule has 0 atom stereocenters. The topological polar surface area (TPSA) is 178 Å². The van der Waals surface area contributed by atoms with Crippen LogP contribution >= 0.6 is 0 Å². The quantitative estimate of drug-likeness (QED) is 0.0720. The number of aryl methyl sites for hydroxylation is 2. The molecule has 12 aromatic rings. The monoisotopic (exact) mass is 992 g/mol. The van der Waals surface area contributed by atoms with Crippen molar-refractivity contribution in [1.29, 1.82) is 0 Å². The molecule has 0 aliphatic carbocycles. The van der Waals surface area contributed by atoms with Crippen molar-refractivity contribution >= 4 is 111 Å². The van der Waals surface area contributed by atoms with E-state index in [9.17, 15) is 19.2 Å². The lowest BCUT2D eigenvalue weighted by Crippen LogP contribution is -2.19. The lowest BCUT2D eigenvalue weighted by molar-refractivity contribution is -0.112. The molecule has 14 heteroatoms. The summed E-state index contributed by atoms with van der Waals surface area (Å²) in [5.74, 6) is -0.725. The Labute approximate surface area is 433 Å². The summed E-state index contributed by atoms with van der Waals surface area (Å²) in [6.45, 7) is 11.0. The van der Waals surface area contributed by atoms with Crippen LogP contribution in [-0.4, -0.2) is 40.9 Å². The first-order chi connectivity index (χ1) is 37.0.